The van der Waals surface area contributed by atoms with E-state index in [1.807, 2.05) is 19.1 Å². The first-order chi connectivity index (χ1) is 8.65. The maximum Gasteiger partial charge on any atom is 0.125 e. The number of rotatable bonds is 6. The van der Waals surface area contributed by atoms with Crippen molar-refractivity contribution in [1.82, 2.24) is 5.32 Å². The number of benzene rings is 1. The van der Waals surface area contributed by atoms with Crippen LogP contribution in [0.4, 0.5) is 0 Å². The summed E-state index contributed by atoms with van der Waals surface area (Å²) in [5.41, 5.74) is 1.77. The molecule has 100 valence electrons. The lowest BCUT2D eigenvalue weighted by atomic mass is 10.0. The zero-order valence-corrected chi connectivity index (χ0v) is 11.2. The van der Waals surface area contributed by atoms with E-state index >= 15 is 0 Å². The number of aliphatic hydroxyl groups is 1. The van der Waals surface area contributed by atoms with Gasteiger partial charge in [-0.25, -0.2) is 0 Å². The van der Waals surface area contributed by atoms with Gasteiger partial charge in [-0.3, -0.25) is 0 Å². The van der Waals surface area contributed by atoms with Crippen LogP contribution >= 0.6 is 0 Å². The van der Waals surface area contributed by atoms with Gasteiger partial charge >= 0.3 is 0 Å². The van der Waals surface area contributed by atoms with Crippen molar-refractivity contribution in [2.24, 2.45) is 0 Å². The summed E-state index contributed by atoms with van der Waals surface area (Å²) < 4.78 is 10.6. The quantitative estimate of drug-likeness (QED) is 0.809. The molecule has 0 aromatic heterocycles. The molecule has 0 aliphatic heterocycles. The molecule has 1 aromatic carbocycles. The van der Waals surface area contributed by atoms with Gasteiger partial charge in [-0.15, -0.1) is 0 Å². The van der Waals surface area contributed by atoms with Gasteiger partial charge in [0.1, 0.15) is 11.5 Å². The third-order valence-corrected chi connectivity index (χ3v) is 3.28. The number of aryl methyl sites for hydroxylation is 1. The molecule has 0 saturated heterocycles. The van der Waals surface area contributed by atoms with Crippen molar-refractivity contribution in [2.45, 2.75) is 31.9 Å². The van der Waals surface area contributed by atoms with Gasteiger partial charge in [0, 0.05) is 18.2 Å². The van der Waals surface area contributed by atoms with E-state index in [0.29, 0.717) is 18.3 Å². The van der Waals surface area contributed by atoms with Crippen molar-refractivity contribution in [2.75, 3.05) is 20.8 Å². The van der Waals surface area contributed by atoms with Gasteiger partial charge in [-0.2, -0.15) is 0 Å². The van der Waals surface area contributed by atoms with Gasteiger partial charge in [-0.05, 0) is 37.5 Å². The lowest BCUT2D eigenvalue weighted by Crippen LogP contribution is -2.23. The Balaban J connectivity index is 2.16. The first-order valence-electron chi connectivity index (χ1n) is 6.29. The van der Waals surface area contributed by atoms with Crippen molar-refractivity contribution >= 4 is 0 Å². The van der Waals surface area contributed by atoms with E-state index in [1.165, 1.54) is 12.8 Å². The number of hydrogen-bond acceptors (Lipinski definition) is 4. The number of ether oxygens (including phenoxy) is 2. The lowest BCUT2D eigenvalue weighted by molar-refractivity contribution is 0.169. The average molecular weight is 251 g/mol. The lowest BCUT2D eigenvalue weighted by Gasteiger charge is -2.17. The molecule has 1 saturated carbocycles. The highest BCUT2D eigenvalue weighted by atomic mass is 16.5. The van der Waals surface area contributed by atoms with Crippen LogP contribution in [0.15, 0.2) is 12.1 Å². The SMILES string of the molecule is COc1cc(C(O)CNC2CC2)c(OC)cc1C. The number of methoxy groups -OCH3 is 2. The molecule has 4 nitrogen and oxygen atoms in total. The van der Waals surface area contributed by atoms with Gasteiger partial charge in [0.2, 0.25) is 0 Å². The van der Waals surface area contributed by atoms with Gasteiger partial charge in [0.25, 0.3) is 0 Å². The monoisotopic (exact) mass is 251 g/mol. The maximum atomic E-state index is 10.2. The van der Waals surface area contributed by atoms with E-state index in [0.717, 1.165) is 16.9 Å². The van der Waals surface area contributed by atoms with Gasteiger partial charge in [0.05, 0.1) is 20.3 Å². The highest BCUT2D eigenvalue weighted by molar-refractivity contribution is 5.47. The minimum absolute atomic E-state index is 0.549. The van der Waals surface area contributed by atoms with Crippen LogP contribution < -0.4 is 14.8 Å². The molecule has 0 radical (unpaired) electrons. The van der Waals surface area contributed by atoms with Crippen LogP contribution in [0.5, 0.6) is 11.5 Å². The highest BCUT2D eigenvalue weighted by Crippen LogP contribution is 2.32. The fourth-order valence-electron chi connectivity index (χ4n) is 2.01. The molecule has 1 aliphatic carbocycles. The second-order valence-electron chi connectivity index (χ2n) is 4.76. The second kappa shape index (κ2) is 5.59. The van der Waals surface area contributed by atoms with E-state index in [4.69, 9.17) is 9.47 Å². The summed E-state index contributed by atoms with van der Waals surface area (Å²) in [6.07, 6.45) is 1.84. The Morgan fingerprint density at radius 2 is 1.94 bits per heavy atom. The highest BCUT2D eigenvalue weighted by Gasteiger charge is 2.23. The molecule has 1 unspecified atom stereocenters. The summed E-state index contributed by atoms with van der Waals surface area (Å²) in [6, 6.07) is 4.33. The Morgan fingerprint density at radius 3 is 2.50 bits per heavy atom. The molecule has 1 aliphatic rings. The standard InChI is InChI=1S/C14H21NO3/c1-9-6-14(18-3)11(7-13(9)17-2)12(16)8-15-10-4-5-10/h6-7,10,12,15-16H,4-5,8H2,1-3H3. The van der Waals surface area contributed by atoms with Crippen LogP contribution in [-0.4, -0.2) is 31.9 Å². The first kappa shape index (κ1) is 13.2. The normalized spacial score (nSPS) is 16.4. The summed E-state index contributed by atoms with van der Waals surface area (Å²) in [5.74, 6) is 1.48. The molecule has 18 heavy (non-hydrogen) atoms. The zero-order valence-electron chi connectivity index (χ0n) is 11.2. The minimum Gasteiger partial charge on any atom is -0.496 e. The van der Waals surface area contributed by atoms with Crippen LogP contribution in [-0.2, 0) is 0 Å². The van der Waals surface area contributed by atoms with E-state index in [2.05, 4.69) is 5.32 Å². The number of hydrogen-bond donors (Lipinski definition) is 2. The van der Waals surface area contributed by atoms with Crippen molar-refractivity contribution in [3.8, 4) is 11.5 Å². The van der Waals surface area contributed by atoms with Gasteiger partial charge in [-0.1, -0.05) is 0 Å². The molecule has 2 N–H and O–H groups in total. The molecule has 0 amide bonds. The third kappa shape index (κ3) is 2.94. The Morgan fingerprint density at radius 1 is 1.28 bits per heavy atom. The molecule has 0 heterocycles. The fraction of sp³-hybridized carbons (Fsp3) is 0.571. The summed E-state index contributed by atoms with van der Waals surface area (Å²) >= 11 is 0. The molecule has 2 rings (SSSR count). The molecular weight excluding hydrogens is 230 g/mol. The first-order valence-corrected chi connectivity index (χ1v) is 6.29. The topological polar surface area (TPSA) is 50.7 Å². The van der Waals surface area contributed by atoms with Crippen LogP contribution in [0, 0.1) is 6.92 Å². The number of nitrogens with one attached hydrogen (secondary N) is 1. The predicted molar refractivity (Wildman–Crippen MR) is 70.3 cm³/mol. The molecular formula is C14H21NO3. The van der Waals surface area contributed by atoms with Crippen molar-refractivity contribution in [1.29, 1.82) is 0 Å². The molecule has 0 bridgehead atoms. The van der Waals surface area contributed by atoms with E-state index in [9.17, 15) is 5.11 Å². The van der Waals surface area contributed by atoms with Crippen molar-refractivity contribution in [3.05, 3.63) is 23.3 Å². The zero-order chi connectivity index (χ0) is 13.1. The summed E-state index contributed by atoms with van der Waals surface area (Å²) in [7, 11) is 3.25. The van der Waals surface area contributed by atoms with Crippen LogP contribution in [0.25, 0.3) is 0 Å². The molecule has 4 heteroatoms. The van der Waals surface area contributed by atoms with Crippen molar-refractivity contribution < 1.29 is 14.6 Å². The Hall–Kier alpha value is -1.26. The van der Waals surface area contributed by atoms with E-state index in [1.54, 1.807) is 14.2 Å². The Kier molecular flexibility index (Phi) is 4.09. The van der Waals surface area contributed by atoms with Gasteiger partial charge in [0.15, 0.2) is 0 Å². The summed E-state index contributed by atoms with van der Waals surface area (Å²) in [6.45, 7) is 2.51. The number of aliphatic hydroxyl groups excluding tert-OH is 1. The molecule has 1 fully saturated rings. The van der Waals surface area contributed by atoms with Crippen LogP contribution in [0.2, 0.25) is 0 Å². The third-order valence-electron chi connectivity index (χ3n) is 3.28. The Bertz CT molecular complexity index is 416. The summed E-state index contributed by atoms with van der Waals surface area (Å²) in [4.78, 5) is 0. The fourth-order valence-corrected chi connectivity index (χ4v) is 2.01. The minimum atomic E-state index is -0.574. The molecule has 1 atom stereocenters. The smallest absolute Gasteiger partial charge is 0.125 e. The summed E-state index contributed by atoms with van der Waals surface area (Å²) in [5, 5.41) is 13.5. The Labute approximate surface area is 108 Å². The van der Waals surface area contributed by atoms with Crippen LogP contribution in [0.1, 0.15) is 30.1 Å². The van der Waals surface area contributed by atoms with Crippen molar-refractivity contribution in [3.63, 3.8) is 0 Å². The predicted octanol–water partition coefficient (Wildman–Crippen LogP) is 1.80. The van der Waals surface area contributed by atoms with Crippen LogP contribution in [0.3, 0.4) is 0 Å². The maximum absolute atomic E-state index is 10.2. The second-order valence-corrected chi connectivity index (χ2v) is 4.76. The molecule has 0 spiro atoms. The van der Waals surface area contributed by atoms with E-state index < -0.39 is 6.10 Å². The van der Waals surface area contributed by atoms with Gasteiger partial charge < -0.3 is 19.9 Å². The largest absolute Gasteiger partial charge is 0.496 e. The molecule has 1 aromatic rings. The average Bonchev–Trinajstić information content (AvgIpc) is 3.19. The van der Waals surface area contributed by atoms with E-state index in [-0.39, 0.29) is 0 Å².